The van der Waals surface area contributed by atoms with Crippen LogP contribution in [0.25, 0.3) is 0 Å². The van der Waals surface area contributed by atoms with Crippen molar-refractivity contribution in [3.63, 3.8) is 0 Å². The SMILES string of the molecule is CNc1cccc(Sc2cccc(OC)c2)n1. The normalized spacial score (nSPS) is 10.0. The van der Waals surface area contributed by atoms with Crippen molar-refractivity contribution in [3.8, 4) is 5.75 Å². The smallest absolute Gasteiger partial charge is 0.127 e. The van der Waals surface area contributed by atoms with Crippen molar-refractivity contribution in [3.05, 3.63) is 42.5 Å². The molecule has 1 aromatic carbocycles. The third kappa shape index (κ3) is 3.14. The molecule has 4 heteroatoms. The maximum absolute atomic E-state index is 5.19. The minimum atomic E-state index is 0.861. The lowest BCUT2D eigenvalue weighted by Crippen LogP contribution is -1.92. The van der Waals surface area contributed by atoms with E-state index in [1.807, 2.05) is 49.5 Å². The summed E-state index contributed by atoms with van der Waals surface area (Å²) in [4.78, 5) is 5.57. The second-order valence-corrected chi connectivity index (χ2v) is 4.49. The predicted molar refractivity (Wildman–Crippen MR) is 70.9 cm³/mol. The standard InChI is InChI=1S/C13H14N2OS/c1-14-12-7-4-8-13(15-12)17-11-6-3-5-10(9-11)16-2/h3-9H,1-2H3,(H,14,15). The number of nitrogens with one attached hydrogen (secondary N) is 1. The first-order valence-electron chi connectivity index (χ1n) is 5.28. The van der Waals surface area contributed by atoms with Crippen LogP contribution < -0.4 is 10.1 Å². The highest BCUT2D eigenvalue weighted by Gasteiger charge is 2.01. The number of rotatable bonds is 4. The molecule has 0 amide bonds. The van der Waals surface area contributed by atoms with Gasteiger partial charge in [0.05, 0.1) is 7.11 Å². The van der Waals surface area contributed by atoms with Crippen LogP contribution in [0.5, 0.6) is 5.75 Å². The largest absolute Gasteiger partial charge is 0.497 e. The molecule has 0 aliphatic rings. The molecule has 0 radical (unpaired) electrons. The Morgan fingerprint density at radius 3 is 2.76 bits per heavy atom. The first kappa shape index (κ1) is 11.8. The van der Waals surface area contributed by atoms with Gasteiger partial charge in [0.1, 0.15) is 16.6 Å². The minimum absolute atomic E-state index is 0.861. The van der Waals surface area contributed by atoms with Crippen LogP contribution in [-0.2, 0) is 0 Å². The molecule has 0 aliphatic heterocycles. The summed E-state index contributed by atoms with van der Waals surface area (Å²) >= 11 is 1.62. The minimum Gasteiger partial charge on any atom is -0.497 e. The van der Waals surface area contributed by atoms with Gasteiger partial charge in [-0.2, -0.15) is 0 Å². The van der Waals surface area contributed by atoms with Gasteiger partial charge in [0.25, 0.3) is 0 Å². The molecule has 88 valence electrons. The molecular formula is C13H14N2OS. The molecule has 0 spiro atoms. The van der Waals surface area contributed by atoms with Crippen LogP contribution >= 0.6 is 11.8 Å². The van der Waals surface area contributed by atoms with Crippen molar-refractivity contribution in [1.29, 1.82) is 0 Å². The number of pyridine rings is 1. The third-order valence-electron chi connectivity index (χ3n) is 2.24. The Morgan fingerprint density at radius 2 is 2.00 bits per heavy atom. The number of anilines is 1. The molecule has 1 heterocycles. The van der Waals surface area contributed by atoms with Crippen molar-refractivity contribution in [2.24, 2.45) is 0 Å². The van der Waals surface area contributed by atoms with E-state index in [4.69, 9.17) is 4.74 Å². The summed E-state index contributed by atoms with van der Waals surface area (Å²) in [5, 5.41) is 3.99. The molecule has 0 bridgehead atoms. The fourth-order valence-corrected chi connectivity index (χ4v) is 2.25. The Hall–Kier alpha value is -1.68. The van der Waals surface area contributed by atoms with E-state index >= 15 is 0 Å². The summed E-state index contributed by atoms with van der Waals surface area (Å²) in [6.07, 6.45) is 0. The zero-order chi connectivity index (χ0) is 12.1. The number of hydrogen-bond acceptors (Lipinski definition) is 4. The first-order chi connectivity index (χ1) is 8.31. The zero-order valence-electron chi connectivity index (χ0n) is 9.81. The van der Waals surface area contributed by atoms with E-state index in [2.05, 4.69) is 10.3 Å². The van der Waals surface area contributed by atoms with Crippen molar-refractivity contribution in [2.45, 2.75) is 9.92 Å². The van der Waals surface area contributed by atoms with Crippen LogP contribution in [0, 0.1) is 0 Å². The summed E-state index contributed by atoms with van der Waals surface area (Å²) in [5.74, 6) is 1.73. The van der Waals surface area contributed by atoms with Gasteiger partial charge in [-0.05, 0) is 30.3 Å². The van der Waals surface area contributed by atoms with E-state index in [9.17, 15) is 0 Å². The highest BCUT2D eigenvalue weighted by Crippen LogP contribution is 2.29. The molecule has 0 saturated carbocycles. The van der Waals surface area contributed by atoms with E-state index in [1.54, 1.807) is 18.9 Å². The zero-order valence-corrected chi connectivity index (χ0v) is 10.6. The average Bonchev–Trinajstić information content (AvgIpc) is 2.39. The Morgan fingerprint density at radius 1 is 1.18 bits per heavy atom. The molecule has 0 fully saturated rings. The van der Waals surface area contributed by atoms with E-state index in [1.165, 1.54) is 0 Å². The van der Waals surface area contributed by atoms with Crippen molar-refractivity contribution in [2.75, 3.05) is 19.5 Å². The third-order valence-corrected chi connectivity index (χ3v) is 3.17. The van der Waals surface area contributed by atoms with Gasteiger partial charge in [-0.25, -0.2) is 4.98 Å². The van der Waals surface area contributed by atoms with Gasteiger partial charge in [-0.15, -0.1) is 0 Å². The van der Waals surface area contributed by atoms with Crippen molar-refractivity contribution >= 4 is 17.6 Å². The average molecular weight is 246 g/mol. The number of hydrogen-bond donors (Lipinski definition) is 1. The molecule has 17 heavy (non-hydrogen) atoms. The Labute approximate surface area is 105 Å². The fourth-order valence-electron chi connectivity index (χ4n) is 1.40. The van der Waals surface area contributed by atoms with E-state index in [-0.39, 0.29) is 0 Å². The Kier molecular flexibility index (Phi) is 3.88. The van der Waals surface area contributed by atoms with Crippen LogP contribution in [0.15, 0.2) is 52.4 Å². The molecule has 2 aromatic rings. The summed E-state index contributed by atoms with van der Waals surface area (Å²) in [6, 6.07) is 13.9. The second-order valence-electron chi connectivity index (χ2n) is 3.39. The van der Waals surface area contributed by atoms with Gasteiger partial charge in [-0.1, -0.05) is 23.9 Å². The molecule has 3 nitrogen and oxygen atoms in total. The van der Waals surface area contributed by atoms with E-state index in [0.29, 0.717) is 0 Å². The van der Waals surface area contributed by atoms with Crippen LogP contribution in [-0.4, -0.2) is 19.1 Å². The number of nitrogens with zero attached hydrogens (tertiary/aromatic N) is 1. The van der Waals surface area contributed by atoms with Gasteiger partial charge in [0, 0.05) is 11.9 Å². The van der Waals surface area contributed by atoms with Gasteiger partial charge in [0.2, 0.25) is 0 Å². The number of benzene rings is 1. The van der Waals surface area contributed by atoms with Crippen molar-refractivity contribution in [1.82, 2.24) is 4.98 Å². The number of aromatic nitrogens is 1. The highest BCUT2D eigenvalue weighted by molar-refractivity contribution is 7.99. The van der Waals surface area contributed by atoms with Crippen LogP contribution in [0.4, 0.5) is 5.82 Å². The fraction of sp³-hybridized carbons (Fsp3) is 0.154. The lowest BCUT2D eigenvalue weighted by Gasteiger charge is -2.05. The summed E-state index contributed by atoms with van der Waals surface area (Å²) in [6.45, 7) is 0. The quantitative estimate of drug-likeness (QED) is 0.897. The topological polar surface area (TPSA) is 34.1 Å². The maximum atomic E-state index is 5.19. The molecular weight excluding hydrogens is 232 g/mol. The van der Waals surface area contributed by atoms with Gasteiger partial charge >= 0.3 is 0 Å². The van der Waals surface area contributed by atoms with Crippen LogP contribution in [0.1, 0.15) is 0 Å². The molecule has 0 unspecified atom stereocenters. The molecule has 0 aliphatic carbocycles. The van der Waals surface area contributed by atoms with E-state index < -0.39 is 0 Å². The predicted octanol–water partition coefficient (Wildman–Crippen LogP) is 3.28. The van der Waals surface area contributed by atoms with Gasteiger partial charge < -0.3 is 10.1 Å². The molecule has 0 saturated heterocycles. The van der Waals surface area contributed by atoms with Crippen molar-refractivity contribution < 1.29 is 4.74 Å². The molecule has 1 N–H and O–H groups in total. The molecule has 0 atom stereocenters. The maximum Gasteiger partial charge on any atom is 0.127 e. The van der Waals surface area contributed by atoms with Gasteiger partial charge in [0.15, 0.2) is 0 Å². The Balaban J connectivity index is 2.18. The first-order valence-corrected chi connectivity index (χ1v) is 6.10. The molecule has 1 aromatic heterocycles. The highest BCUT2D eigenvalue weighted by atomic mass is 32.2. The summed E-state index contributed by atoms with van der Waals surface area (Å²) in [5.41, 5.74) is 0. The van der Waals surface area contributed by atoms with Gasteiger partial charge in [-0.3, -0.25) is 0 Å². The Bertz CT molecular complexity index is 457. The molecule has 2 rings (SSSR count). The lowest BCUT2D eigenvalue weighted by atomic mass is 10.3. The van der Waals surface area contributed by atoms with Crippen LogP contribution in [0.3, 0.4) is 0 Å². The van der Waals surface area contributed by atoms with E-state index in [0.717, 1.165) is 21.5 Å². The second kappa shape index (κ2) is 5.59. The number of ether oxygens (including phenoxy) is 1. The lowest BCUT2D eigenvalue weighted by molar-refractivity contribution is 0.413. The number of methoxy groups -OCH3 is 1. The monoisotopic (exact) mass is 246 g/mol. The van der Waals surface area contributed by atoms with Crippen LogP contribution in [0.2, 0.25) is 0 Å². The summed E-state index contributed by atoms with van der Waals surface area (Å²) < 4.78 is 5.19. The summed E-state index contributed by atoms with van der Waals surface area (Å²) in [7, 11) is 3.53.